The van der Waals surface area contributed by atoms with Gasteiger partial charge in [-0.15, -0.1) is 0 Å². The van der Waals surface area contributed by atoms with Crippen LogP contribution < -0.4 is 5.32 Å². The van der Waals surface area contributed by atoms with Gasteiger partial charge in [0.25, 0.3) is 5.91 Å². The van der Waals surface area contributed by atoms with Gasteiger partial charge in [0.05, 0.1) is 5.56 Å². The number of hydrogen-bond acceptors (Lipinski definition) is 4. The van der Waals surface area contributed by atoms with Gasteiger partial charge in [0.1, 0.15) is 6.61 Å². The summed E-state index contributed by atoms with van der Waals surface area (Å²) in [5, 5.41) is 3.23. The number of rotatable bonds is 4. The van der Waals surface area contributed by atoms with Crippen LogP contribution in [0.5, 0.6) is 0 Å². The van der Waals surface area contributed by atoms with Crippen molar-refractivity contribution < 1.29 is 14.3 Å². The van der Waals surface area contributed by atoms with Crippen LogP contribution in [0.2, 0.25) is 0 Å². The number of piperazine rings is 1. The SMILES string of the molecule is Cc1cc(C(=O)OCc2ccccc2)ccc1C(=O)N1CCNCC1. The monoisotopic (exact) mass is 338 g/mol. The predicted octanol–water partition coefficient (Wildman–Crippen LogP) is 2.40. The van der Waals surface area contributed by atoms with Crippen LogP contribution in [0.15, 0.2) is 48.5 Å². The molecular formula is C20H22N2O3. The third-order valence-electron chi connectivity index (χ3n) is 4.31. The first-order valence-corrected chi connectivity index (χ1v) is 8.47. The maximum Gasteiger partial charge on any atom is 0.338 e. The van der Waals surface area contributed by atoms with Crippen LogP contribution in [-0.2, 0) is 11.3 Å². The number of benzene rings is 2. The van der Waals surface area contributed by atoms with E-state index >= 15 is 0 Å². The number of esters is 1. The highest BCUT2D eigenvalue weighted by molar-refractivity contribution is 5.97. The van der Waals surface area contributed by atoms with Crippen molar-refractivity contribution in [2.75, 3.05) is 26.2 Å². The summed E-state index contributed by atoms with van der Waals surface area (Å²) in [5.74, 6) is -0.365. The van der Waals surface area contributed by atoms with Crippen molar-refractivity contribution in [2.45, 2.75) is 13.5 Å². The van der Waals surface area contributed by atoms with Crippen molar-refractivity contribution in [3.8, 4) is 0 Å². The Bertz CT molecular complexity index is 753. The van der Waals surface area contributed by atoms with Crippen molar-refractivity contribution in [3.63, 3.8) is 0 Å². The zero-order valence-electron chi connectivity index (χ0n) is 14.3. The minimum absolute atomic E-state index is 0.0169. The van der Waals surface area contributed by atoms with Crippen molar-refractivity contribution in [1.82, 2.24) is 10.2 Å². The van der Waals surface area contributed by atoms with E-state index in [1.54, 1.807) is 18.2 Å². The van der Waals surface area contributed by atoms with Gasteiger partial charge in [-0.3, -0.25) is 4.79 Å². The fraction of sp³-hybridized carbons (Fsp3) is 0.300. The van der Waals surface area contributed by atoms with Crippen molar-refractivity contribution in [3.05, 3.63) is 70.8 Å². The molecule has 2 aromatic carbocycles. The Morgan fingerprint density at radius 2 is 1.80 bits per heavy atom. The van der Waals surface area contributed by atoms with Crippen LogP contribution in [0.25, 0.3) is 0 Å². The van der Waals surface area contributed by atoms with Crippen molar-refractivity contribution in [2.24, 2.45) is 0 Å². The molecule has 0 bridgehead atoms. The maximum absolute atomic E-state index is 12.6. The van der Waals surface area contributed by atoms with Crippen molar-refractivity contribution >= 4 is 11.9 Å². The van der Waals surface area contributed by atoms with E-state index in [4.69, 9.17) is 4.74 Å². The van der Waals surface area contributed by atoms with E-state index in [0.717, 1.165) is 24.2 Å². The maximum atomic E-state index is 12.6. The molecule has 5 heteroatoms. The second kappa shape index (κ2) is 7.94. The molecule has 0 spiro atoms. The molecule has 1 fully saturated rings. The second-order valence-corrected chi connectivity index (χ2v) is 6.13. The van der Waals surface area contributed by atoms with E-state index in [1.807, 2.05) is 42.2 Å². The molecule has 1 heterocycles. The van der Waals surface area contributed by atoms with Gasteiger partial charge in [0.2, 0.25) is 0 Å². The molecule has 130 valence electrons. The van der Waals surface area contributed by atoms with Crippen LogP contribution in [0, 0.1) is 6.92 Å². The lowest BCUT2D eigenvalue weighted by molar-refractivity contribution is 0.0472. The average Bonchev–Trinajstić information content (AvgIpc) is 2.67. The number of nitrogens with one attached hydrogen (secondary N) is 1. The molecule has 0 atom stereocenters. The Balaban J connectivity index is 1.66. The number of amides is 1. The van der Waals surface area contributed by atoms with E-state index < -0.39 is 0 Å². The summed E-state index contributed by atoms with van der Waals surface area (Å²) in [6, 6.07) is 14.7. The standard InChI is InChI=1S/C20H22N2O3/c1-15-13-17(20(24)25-14-16-5-3-2-4-6-16)7-8-18(15)19(23)22-11-9-21-10-12-22/h2-8,13,21H,9-12,14H2,1H3. The first kappa shape index (κ1) is 17.2. The summed E-state index contributed by atoms with van der Waals surface area (Å²) in [7, 11) is 0. The van der Waals surface area contributed by atoms with Gasteiger partial charge in [0, 0.05) is 31.7 Å². The third-order valence-corrected chi connectivity index (χ3v) is 4.31. The number of aryl methyl sites for hydroxylation is 1. The largest absolute Gasteiger partial charge is 0.457 e. The van der Waals surface area contributed by atoms with Gasteiger partial charge in [-0.25, -0.2) is 4.79 Å². The number of hydrogen-bond donors (Lipinski definition) is 1. The quantitative estimate of drug-likeness (QED) is 0.870. The van der Waals surface area contributed by atoms with Gasteiger partial charge >= 0.3 is 5.97 Å². The van der Waals surface area contributed by atoms with E-state index in [2.05, 4.69) is 5.32 Å². The Morgan fingerprint density at radius 3 is 2.48 bits per heavy atom. The number of carbonyl (C=O) groups excluding carboxylic acids is 2. The topological polar surface area (TPSA) is 58.6 Å². The summed E-state index contributed by atoms with van der Waals surface area (Å²) in [4.78, 5) is 26.7. The molecule has 2 aromatic rings. The Hall–Kier alpha value is -2.66. The predicted molar refractivity (Wildman–Crippen MR) is 95.5 cm³/mol. The Labute approximate surface area is 147 Å². The Kier molecular flexibility index (Phi) is 5.46. The number of carbonyl (C=O) groups is 2. The molecule has 1 saturated heterocycles. The molecule has 0 radical (unpaired) electrons. The summed E-state index contributed by atoms with van der Waals surface area (Å²) < 4.78 is 5.34. The molecule has 3 rings (SSSR count). The lowest BCUT2D eigenvalue weighted by Crippen LogP contribution is -2.46. The molecule has 0 aromatic heterocycles. The number of nitrogens with zero attached hydrogens (tertiary/aromatic N) is 1. The molecule has 5 nitrogen and oxygen atoms in total. The zero-order chi connectivity index (χ0) is 17.6. The van der Waals surface area contributed by atoms with Crippen LogP contribution in [-0.4, -0.2) is 43.0 Å². The molecule has 1 N–H and O–H groups in total. The molecule has 1 aliphatic rings. The highest BCUT2D eigenvalue weighted by atomic mass is 16.5. The minimum Gasteiger partial charge on any atom is -0.457 e. The molecule has 0 aliphatic carbocycles. The molecule has 25 heavy (non-hydrogen) atoms. The van der Waals surface area contributed by atoms with E-state index in [1.165, 1.54) is 0 Å². The van der Waals surface area contributed by atoms with E-state index in [0.29, 0.717) is 24.2 Å². The van der Waals surface area contributed by atoms with Gasteiger partial charge in [-0.2, -0.15) is 0 Å². The lowest BCUT2D eigenvalue weighted by Gasteiger charge is -2.28. The molecule has 0 saturated carbocycles. The molecular weight excluding hydrogens is 316 g/mol. The zero-order valence-corrected chi connectivity index (χ0v) is 14.3. The lowest BCUT2D eigenvalue weighted by atomic mass is 10.0. The summed E-state index contributed by atoms with van der Waals surface area (Å²) >= 11 is 0. The van der Waals surface area contributed by atoms with Crippen LogP contribution in [0.1, 0.15) is 31.8 Å². The van der Waals surface area contributed by atoms with Gasteiger partial charge in [-0.05, 0) is 36.2 Å². The normalized spacial score (nSPS) is 14.2. The van der Waals surface area contributed by atoms with Crippen molar-refractivity contribution in [1.29, 1.82) is 0 Å². The summed E-state index contributed by atoms with van der Waals surface area (Å²) in [5.41, 5.74) is 2.84. The Morgan fingerprint density at radius 1 is 1.08 bits per heavy atom. The highest BCUT2D eigenvalue weighted by Gasteiger charge is 2.20. The first-order valence-electron chi connectivity index (χ1n) is 8.47. The van der Waals surface area contributed by atoms with Gasteiger partial charge < -0.3 is 15.0 Å². The van der Waals surface area contributed by atoms with Crippen LogP contribution >= 0.6 is 0 Å². The third kappa shape index (κ3) is 4.25. The fourth-order valence-electron chi connectivity index (χ4n) is 2.88. The second-order valence-electron chi connectivity index (χ2n) is 6.13. The first-order chi connectivity index (χ1) is 12.1. The van der Waals surface area contributed by atoms with Gasteiger partial charge in [-0.1, -0.05) is 30.3 Å². The van der Waals surface area contributed by atoms with Gasteiger partial charge in [0.15, 0.2) is 0 Å². The molecule has 1 aliphatic heterocycles. The highest BCUT2D eigenvalue weighted by Crippen LogP contribution is 2.16. The van der Waals surface area contributed by atoms with E-state index in [-0.39, 0.29) is 18.5 Å². The molecule has 0 unspecified atom stereocenters. The molecule has 1 amide bonds. The summed E-state index contributed by atoms with van der Waals surface area (Å²) in [6.07, 6.45) is 0. The van der Waals surface area contributed by atoms with Crippen LogP contribution in [0.4, 0.5) is 0 Å². The summed E-state index contributed by atoms with van der Waals surface area (Å²) in [6.45, 7) is 5.13. The van der Waals surface area contributed by atoms with Crippen LogP contribution in [0.3, 0.4) is 0 Å². The van der Waals surface area contributed by atoms with E-state index in [9.17, 15) is 9.59 Å². The fourth-order valence-corrected chi connectivity index (χ4v) is 2.88. The minimum atomic E-state index is -0.381. The smallest absolute Gasteiger partial charge is 0.338 e. The number of ether oxygens (including phenoxy) is 1. The average molecular weight is 338 g/mol.